The van der Waals surface area contributed by atoms with Crippen LogP contribution in [0.4, 0.5) is 5.82 Å². The highest BCUT2D eigenvalue weighted by molar-refractivity contribution is 8.07. The Morgan fingerprint density at radius 3 is 2.88 bits per heavy atom. The molecule has 1 aliphatic heterocycles. The standard InChI is InChI=1S/C11H18N4S2/c1-7-10(17-6-5-16-7)9(15-13)8-3-2-4-14-11(8)12/h2-4,7,9-10,15H,5-6,13H2,1H3,(H2,12,14). The first-order valence-electron chi connectivity index (χ1n) is 5.63. The zero-order valence-corrected chi connectivity index (χ0v) is 11.4. The number of thioether (sulfide) groups is 2. The number of pyridine rings is 1. The van der Waals surface area contributed by atoms with Crippen LogP contribution >= 0.6 is 23.5 Å². The van der Waals surface area contributed by atoms with Gasteiger partial charge in [0.2, 0.25) is 0 Å². The molecule has 2 heterocycles. The van der Waals surface area contributed by atoms with E-state index < -0.39 is 0 Å². The predicted molar refractivity (Wildman–Crippen MR) is 76.9 cm³/mol. The summed E-state index contributed by atoms with van der Waals surface area (Å²) in [5.41, 5.74) is 9.83. The number of nitrogens with one attached hydrogen (secondary N) is 1. The Kier molecular flexibility index (Phi) is 4.55. The normalized spacial score (nSPS) is 26.7. The van der Waals surface area contributed by atoms with Gasteiger partial charge in [0.05, 0.1) is 6.04 Å². The molecule has 17 heavy (non-hydrogen) atoms. The first kappa shape index (κ1) is 13.0. The monoisotopic (exact) mass is 270 g/mol. The molecule has 3 atom stereocenters. The van der Waals surface area contributed by atoms with Crippen molar-refractivity contribution in [2.24, 2.45) is 5.84 Å². The summed E-state index contributed by atoms with van der Waals surface area (Å²) in [5, 5.41) is 1.000. The Balaban J connectivity index is 2.23. The molecule has 2 rings (SSSR count). The number of nitrogen functional groups attached to an aromatic ring is 1. The maximum absolute atomic E-state index is 5.93. The van der Waals surface area contributed by atoms with Crippen LogP contribution in [0.2, 0.25) is 0 Å². The highest BCUT2D eigenvalue weighted by atomic mass is 32.2. The maximum Gasteiger partial charge on any atom is 0.128 e. The van der Waals surface area contributed by atoms with Crippen molar-refractivity contribution in [1.82, 2.24) is 10.4 Å². The van der Waals surface area contributed by atoms with Crippen LogP contribution in [0, 0.1) is 0 Å². The second-order valence-corrected chi connectivity index (χ2v) is 6.80. The summed E-state index contributed by atoms with van der Waals surface area (Å²) in [4.78, 5) is 4.13. The molecule has 0 aliphatic carbocycles. The number of nitrogens with zero attached hydrogens (tertiary/aromatic N) is 1. The van der Waals surface area contributed by atoms with Gasteiger partial charge in [0.1, 0.15) is 5.82 Å². The fourth-order valence-corrected chi connectivity index (χ4v) is 4.99. The molecule has 0 amide bonds. The smallest absolute Gasteiger partial charge is 0.128 e. The van der Waals surface area contributed by atoms with E-state index in [0.717, 1.165) is 11.3 Å². The van der Waals surface area contributed by atoms with Gasteiger partial charge in [-0.3, -0.25) is 11.3 Å². The quantitative estimate of drug-likeness (QED) is 0.569. The minimum atomic E-state index is 0.0662. The van der Waals surface area contributed by atoms with Gasteiger partial charge in [-0.05, 0) is 6.07 Å². The largest absolute Gasteiger partial charge is 0.383 e. The highest BCUT2D eigenvalue weighted by Gasteiger charge is 2.31. The van der Waals surface area contributed by atoms with Gasteiger partial charge in [-0.25, -0.2) is 4.98 Å². The van der Waals surface area contributed by atoms with Crippen molar-refractivity contribution < 1.29 is 0 Å². The average molecular weight is 270 g/mol. The third-order valence-electron chi connectivity index (χ3n) is 2.95. The van der Waals surface area contributed by atoms with E-state index in [2.05, 4.69) is 17.3 Å². The van der Waals surface area contributed by atoms with Gasteiger partial charge >= 0.3 is 0 Å². The van der Waals surface area contributed by atoms with Crippen LogP contribution in [-0.2, 0) is 0 Å². The van der Waals surface area contributed by atoms with Gasteiger partial charge in [-0.1, -0.05) is 13.0 Å². The fourth-order valence-electron chi connectivity index (χ4n) is 2.07. The Hall–Kier alpha value is -0.430. The van der Waals surface area contributed by atoms with E-state index in [1.807, 2.05) is 35.7 Å². The van der Waals surface area contributed by atoms with Crippen LogP contribution in [0.1, 0.15) is 18.5 Å². The number of aromatic nitrogens is 1. The van der Waals surface area contributed by atoms with E-state index in [0.29, 0.717) is 16.3 Å². The van der Waals surface area contributed by atoms with Crippen LogP contribution in [0.15, 0.2) is 18.3 Å². The Morgan fingerprint density at radius 1 is 1.47 bits per heavy atom. The molecule has 4 nitrogen and oxygen atoms in total. The lowest BCUT2D eigenvalue weighted by Gasteiger charge is -2.34. The number of nitrogens with two attached hydrogens (primary N) is 2. The van der Waals surface area contributed by atoms with E-state index in [9.17, 15) is 0 Å². The molecule has 5 N–H and O–H groups in total. The van der Waals surface area contributed by atoms with Gasteiger partial charge in [0, 0.05) is 33.8 Å². The highest BCUT2D eigenvalue weighted by Crippen LogP contribution is 2.39. The van der Waals surface area contributed by atoms with Crippen molar-refractivity contribution in [3.63, 3.8) is 0 Å². The molecular formula is C11H18N4S2. The van der Waals surface area contributed by atoms with E-state index in [4.69, 9.17) is 11.6 Å². The van der Waals surface area contributed by atoms with Crippen molar-refractivity contribution in [3.8, 4) is 0 Å². The molecule has 1 saturated heterocycles. The summed E-state index contributed by atoms with van der Waals surface area (Å²) in [6, 6.07) is 3.97. The molecule has 1 fully saturated rings. The molecule has 3 unspecified atom stereocenters. The molecule has 0 spiro atoms. The van der Waals surface area contributed by atoms with Crippen molar-refractivity contribution in [2.45, 2.75) is 23.5 Å². The minimum Gasteiger partial charge on any atom is -0.383 e. The lowest BCUT2D eigenvalue weighted by atomic mass is 10.0. The van der Waals surface area contributed by atoms with Crippen molar-refractivity contribution in [2.75, 3.05) is 17.2 Å². The second kappa shape index (κ2) is 5.95. The number of rotatable bonds is 3. The van der Waals surface area contributed by atoms with Crippen LogP contribution in [0.5, 0.6) is 0 Å². The second-order valence-electron chi connectivity index (χ2n) is 4.03. The zero-order chi connectivity index (χ0) is 12.3. The van der Waals surface area contributed by atoms with E-state index in [1.165, 1.54) is 5.75 Å². The fraction of sp³-hybridized carbons (Fsp3) is 0.545. The summed E-state index contributed by atoms with van der Waals surface area (Å²) in [6.45, 7) is 2.25. The molecule has 0 bridgehead atoms. The van der Waals surface area contributed by atoms with Crippen molar-refractivity contribution >= 4 is 29.3 Å². The third-order valence-corrected chi connectivity index (χ3v) is 6.15. The van der Waals surface area contributed by atoms with Gasteiger partial charge in [0.15, 0.2) is 0 Å². The summed E-state index contributed by atoms with van der Waals surface area (Å²) in [6.07, 6.45) is 1.71. The number of hydrazine groups is 1. The molecule has 1 aromatic rings. The van der Waals surface area contributed by atoms with Crippen LogP contribution in [-0.4, -0.2) is 27.0 Å². The first-order chi connectivity index (χ1) is 8.24. The summed E-state index contributed by atoms with van der Waals surface area (Å²) >= 11 is 3.95. The van der Waals surface area contributed by atoms with E-state index >= 15 is 0 Å². The van der Waals surface area contributed by atoms with Crippen LogP contribution in [0.25, 0.3) is 0 Å². The maximum atomic E-state index is 5.93. The minimum absolute atomic E-state index is 0.0662. The first-order valence-corrected chi connectivity index (χ1v) is 7.73. The SMILES string of the molecule is CC1SCCSC1C(NN)c1cccnc1N. The van der Waals surface area contributed by atoms with Gasteiger partial charge in [0.25, 0.3) is 0 Å². The molecular weight excluding hydrogens is 252 g/mol. The lowest BCUT2D eigenvalue weighted by molar-refractivity contribution is 0.527. The number of anilines is 1. The van der Waals surface area contributed by atoms with E-state index in [-0.39, 0.29) is 6.04 Å². The summed E-state index contributed by atoms with van der Waals surface area (Å²) in [7, 11) is 0. The molecule has 0 radical (unpaired) electrons. The van der Waals surface area contributed by atoms with Crippen molar-refractivity contribution in [3.05, 3.63) is 23.9 Å². The topological polar surface area (TPSA) is 77.0 Å². The Bertz CT molecular complexity index is 374. The molecule has 94 valence electrons. The molecule has 6 heteroatoms. The lowest BCUT2D eigenvalue weighted by Crippen LogP contribution is -2.41. The molecule has 0 aromatic carbocycles. The number of hydrogen-bond acceptors (Lipinski definition) is 6. The van der Waals surface area contributed by atoms with Gasteiger partial charge in [-0.2, -0.15) is 23.5 Å². The zero-order valence-electron chi connectivity index (χ0n) is 9.80. The third kappa shape index (κ3) is 2.88. The van der Waals surface area contributed by atoms with Crippen LogP contribution in [0.3, 0.4) is 0 Å². The van der Waals surface area contributed by atoms with Crippen molar-refractivity contribution in [1.29, 1.82) is 0 Å². The number of hydrogen-bond donors (Lipinski definition) is 3. The molecule has 1 aromatic heterocycles. The summed E-state index contributed by atoms with van der Waals surface area (Å²) in [5.74, 6) is 8.65. The van der Waals surface area contributed by atoms with Gasteiger partial charge in [-0.15, -0.1) is 0 Å². The molecule has 0 saturated carbocycles. The Labute approximate surface area is 110 Å². The summed E-state index contributed by atoms with van der Waals surface area (Å²) < 4.78 is 0. The van der Waals surface area contributed by atoms with E-state index in [1.54, 1.807) is 6.20 Å². The van der Waals surface area contributed by atoms with Gasteiger partial charge < -0.3 is 5.73 Å². The average Bonchev–Trinajstić information content (AvgIpc) is 2.34. The Morgan fingerprint density at radius 2 is 2.24 bits per heavy atom. The molecule has 1 aliphatic rings. The predicted octanol–water partition coefficient (Wildman–Crippen LogP) is 1.41. The van der Waals surface area contributed by atoms with Crippen LogP contribution < -0.4 is 17.0 Å².